The summed E-state index contributed by atoms with van der Waals surface area (Å²) in [6.45, 7) is 3.63. The number of amides is 1. The van der Waals surface area contributed by atoms with E-state index in [1.165, 1.54) is 24.3 Å². The third-order valence-corrected chi connectivity index (χ3v) is 5.25. The second kappa shape index (κ2) is 8.79. The zero-order chi connectivity index (χ0) is 20.0. The Morgan fingerprint density at radius 1 is 1.00 bits per heavy atom. The third-order valence-electron chi connectivity index (χ3n) is 3.76. The number of sulfonamides is 1. The summed E-state index contributed by atoms with van der Waals surface area (Å²) >= 11 is 0. The Balaban J connectivity index is 2.11. The van der Waals surface area contributed by atoms with Gasteiger partial charge in [0.05, 0.1) is 4.90 Å². The Morgan fingerprint density at radius 3 is 2.11 bits per heavy atom. The highest BCUT2D eigenvalue weighted by Crippen LogP contribution is 2.16. The summed E-state index contributed by atoms with van der Waals surface area (Å²) in [7, 11) is -3.99. The molecule has 0 saturated carbocycles. The maximum atomic E-state index is 12.4. The SMILES string of the molecule is CC(C)CC(NS(=O)(=O)c1ccc(NC(=O)c2ccccc2)cc1)C(=O)O. The van der Waals surface area contributed by atoms with Gasteiger partial charge in [0.1, 0.15) is 6.04 Å². The summed E-state index contributed by atoms with van der Waals surface area (Å²) in [6, 6.07) is 13.0. The minimum Gasteiger partial charge on any atom is -0.480 e. The monoisotopic (exact) mass is 390 g/mol. The second-order valence-corrected chi connectivity index (χ2v) is 8.20. The molecule has 1 atom stereocenters. The molecule has 8 heteroatoms. The summed E-state index contributed by atoms with van der Waals surface area (Å²) in [6.07, 6.45) is 0.180. The van der Waals surface area contributed by atoms with Crippen molar-refractivity contribution in [3.05, 3.63) is 60.2 Å². The molecular formula is C19H22N2O5S. The van der Waals surface area contributed by atoms with Crippen LogP contribution in [0.4, 0.5) is 5.69 Å². The molecule has 0 bridgehead atoms. The zero-order valence-corrected chi connectivity index (χ0v) is 15.9. The Hall–Kier alpha value is -2.71. The Morgan fingerprint density at radius 2 is 1.59 bits per heavy atom. The maximum absolute atomic E-state index is 12.4. The number of carbonyl (C=O) groups is 2. The number of benzene rings is 2. The smallest absolute Gasteiger partial charge is 0.321 e. The van der Waals surface area contributed by atoms with Crippen molar-refractivity contribution < 1.29 is 23.1 Å². The summed E-state index contributed by atoms with van der Waals surface area (Å²) in [5.41, 5.74) is 0.911. The van der Waals surface area contributed by atoms with Crippen LogP contribution in [0, 0.1) is 5.92 Å². The minimum atomic E-state index is -3.99. The van der Waals surface area contributed by atoms with E-state index in [-0.39, 0.29) is 23.1 Å². The molecule has 0 radical (unpaired) electrons. The van der Waals surface area contributed by atoms with E-state index in [2.05, 4.69) is 10.0 Å². The Bertz CT molecular complexity index is 893. The summed E-state index contributed by atoms with van der Waals surface area (Å²) < 4.78 is 27.1. The first-order valence-corrected chi connectivity index (χ1v) is 9.89. The standard InChI is InChI=1S/C19H22N2O5S/c1-13(2)12-17(19(23)24)21-27(25,26)16-10-8-15(9-11-16)20-18(22)14-6-4-3-5-7-14/h3-11,13,17,21H,12H2,1-2H3,(H,20,22)(H,23,24). The fraction of sp³-hybridized carbons (Fsp3) is 0.263. The van der Waals surface area contributed by atoms with Crippen molar-refractivity contribution in [3.63, 3.8) is 0 Å². The molecule has 0 aliphatic heterocycles. The highest BCUT2D eigenvalue weighted by atomic mass is 32.2. The van der Waals surface area contributed by atoms with E-state index in [1.807, 2.05) is 13.8 Å². The number of carboxylic acid groups (broad SMARTS) is 1. The molecule has 0 aliphatic rings. The van der Waals surface area contributed by atoms with Crippen LogP contribution < -0.4 is 10.0 Å². The molecule has 27 heavy (non-hydrogen) atoms. The lowest BCUT2D eigenvalue weighted by atomic mass is 10.1. The van der Waals surface area contributed by atoms with Gasteiger partial charge in [-0.25, -0.2) is 8.42 Å². The zero-order valence-electron chi connectivity index (χ0n) is 15.0. The molecule has 1 unspecified atom stereocenters. The van der Waals surface area contributed by atoms with Crippen LogP contribution in [-0.4, -0.2) is 31.4 Å². The largest absolute Gasteiger partial charge is 0.480 e. The Kier molecular flexibility index (Phi) is 6.70. The van der Waals surface area contributed by atoms with Crippen LogP contribution in [0.15, 0.2) is 59.5 Å². The summed E-state index contributed by atoms with van der Waals surface area (Å²) in [5.74, 6) is -1.52. The van der Waals surface area contributed by atoms with Gasteiger partial charge in [0.15, 0.2) is 0 Å². The number of aliphatic carboxylic acids is 1. The highest BCUT2D eigenvalue weighted by Gasteiger charge is 2.26. The normalized spacial score (nSPS) is 12.6. The van der Waals surface area contributed by atoms with Crippen LogP contribution in [0.25, 0.3) is 0 Å². The number of anilines is 1. The Labute approximate surface area is 158 Å². The molecule has 0 aliphatic carbocycles. The topological polar surface area (TPSA) is 113 Å². The lowest BCUT2D eigenvalue weighted by molar-refractivity contribution is -0.139. The molecule has 2 aromatic carbocycles. The van der Waals surface area contributed by atoms with E-state index in [4.69, 9.17) is 0 Å². The lowest BCUT2D eigenvalue weighted by Gasteiger charge is -2.16. The van der Waals surface area contributed by atoms with Crippen molar-refractivity contribution in [2.75, 3.05) is 5.32 Å². The number of hydrogen-bond donors (Lipinski definition) is 3. The van der Waals surface area contributed by atoms with Gasteiger partial charge in [-0.1, -0.05) is 32.0 Å². The molecule has 0 saturated heterocycles. The average molecular weight is 390 g/mol. The molecular weight excluding hydrogens is 368 g/mol. The number of rotatable bonds is 8. The number of carbonyl (C=O) groups excluding carboxylic acids is 1. The first-order valence-electron chi connectivity index (χ1n) is 8.40. The predicted octanol–water partition coefficient (Wildman–Crippen LogP) is 2.72. The number of carboxylic acids is 1. The van der Waals surface area contributed by atoms with Gasteiger partial charge in [-0.2, -0.15) is 4.72 Å². The molecule has 2 rings (SSSR count). The fourth-order valence-electron chi connectivity index (χ4n) is 2.44. The van der Waals surface area contributed by atoms with Crippen LogP contribution in [0.3, 0.4) is 0 Å². The minimum absolute atomic E-state index is 0.0179. The molecule has 144 valence electrons. The van der Waals surface area contributed by atoms with Crippen molar-refractivity contribution in [1.82, 2.24) is 4.72 Å². The van der Waals surface area contributed by atoms with Crippen molar-refractivity contribution in [3.8, 4) is 0 Å². The van der Waals surface area contributed by atoms with Crippen LogP contribution in [0.1, 0.15) is 30.6 Å². The van der Waals surface area contributed by atoms with E-state index in [0.717, 1.165) is 0 Å². The van der Waals surface area contributed by atoms with Crippen molar-refractivity contribution >= 4 is 27.6 Å². The first-order chi connectivity index (χ1) is 12.7. The van der Waals surface area contributed by atoms with Gasteiger partial charge in [-0.3, -0.25) is 9.59 Å². The van der Waals surface area contributed by atoms with Crippen LogP contribution in [-0.2, 0) is 14.8 Å². The number of hydrogen-bond acceptors (Lipinski definition) is 4. The molecule has 0 heterocycles. The second-order valence-electron chi connectivity index (χ2n) is 6.49. The van der Waals surface area contributed by atoms with Crippen molar-refractivity contribution in [1.29, 1.82) is 0 Å². The van der Waals surface area contributed by atoms with Gasteiger partial charge in [-0.05, 0) is 48.7 Å². The van der Waals surface area contributed by atoms with Gasteiger partial charge in [-0.15, -0.1) is 0 Å². The highest BCUT2D eigenvalue weighted by molar-refractivity contribution is 7.89. The lowest BCUT2D eigenvalue weighted by Crippen LogP contribution is -2.41. The summed E-state index contributed by atoms with van der Waals surface area (Å²) in [4.78, 5) is 23.3. The molecule has 0 spiro atoms. The number of nitrogens with one attached hydrogen (secondary N) is 2. The van der Waals surface area contributed by atoms with Gasteiger partial charge in [0.25, 0.3) is 5.91 Å². The molecule has 2 aromatic rings. The van der Waals surface area contributed by atoms with Crippen LogP contribution in [0.2, 0.25) is 0 Å². The molecule has 7 nitrogen and oxygen atoms in total. The van der Waals surface area contributed by atoms with Crippen molar-refractivity contribution in [2.45, 2.75) is 31.2 Å². The summed E-state index contributed by atoms with van der Waals surface area (Å²) in [5, 5.41) is 11.9. The van der Waals surface area contributed by atoms with E-state index in [0.29, 0.717) is 11.3 Å². The van der Waals surface area contributed by atoms with E-state index in [9.17, 15) is 23.1 Å². The molecule has 3 N–H and O–H groups in total. The van der Waals surface area contributed by atoms with Crippen LogP contribution >= 0.6 is 0 Å². The van der Waals surface area contributed by atoms with Gasteiger partial charge in [0.2, 0.25) is 10.0 Å². The molecule has 1 amide bonds. The van der Waals surface area contributed by atoms with E-state index in [1.54, 1.807) is 30.3 Å². The molecule has 0 fully saturated rings. The van der Waals surface area contributed by atoms with Crippen LogP contribution in [0.5, 0.6) is 0 Å². The third kappa shape index (κ3) is 5.90. The predicted molar refractivity (Wildman–Crippen MR) is 102 cm³/mol. The molecule has 0 aromatic heterocycles. The van der Waals surface area contributed by atoms with Gasteiger partial charge >= 0.3 is 5.97 Å². The quantitative estimate of drug-likeness (QED) is 0.641. The van der Waals surface area contributed by atoms with Gasteiger partial charge < -0.3 is 10.4 Å². The van der Waals surface area contributed by atoms with E-state index < -0.39 is 22.0 Å². The fourth-order valence-corrected chi connectivity index (χ4v) is 3.64. The van der Waals surface area contributed by atoms with Crippen molar-refractivity contribution in [2.24, 2.45) is 5.92 Å². The average Bonchev–Trinajstić information content (AvgIpc) is 2.61. The first kappa shape index (κ1) is 20.6. The van der Waals surface area contributed by atoms with Gasteiger partial charge in [0, 0.05) is 11.3 Å². The maximum Gasteiger partial charge on any atom is 0.321 e. The van der Waals surface area contributed by atoms with E-state index >= 15 is 0 Å².